The number of rotatable bonds is 7. The second kappa shape index (κ2) is 13.8. The van der Waals surface area contributed by atoms with Crippen molar-refractivity contribution in [1.29, 1.82) is 0 Å². The zero-order chi connectivity index (χ0) is 39.7. The van der Waals surface area contributed by atoms with E-state index in [9.17, 15) is 0 Å². The average molecular weight is 779 g/mol. The molecule has 59 heavy (non-hydrogen) atoms. The third-order valence-corrected chi connectivity index (χ3v) is 13.4. The fourth-order valence-corrected chi connectivity index (χ4v) is 9.93. The lowest BCUT2D eigenvalue weighted by Crippen LogP contribution is -2.10. The van der Waals surface area contributed by atoms with Crippen LogP contribution in [-0.2, 0) is 0 Å². The summed E-state index contributed by atoms with van der Waals surface area (Å²) >= 11 is 0. The summed E-state index contributed by atoms with van der Waals surface area (Å²) in [6.07, 6.45) is 7.05. The van der Waals surface area contributed by atoms with E-state index < -0.39 is 10.0 Å². The van der Waals surface area contributed by atoms with Gasteiger partial charge in [0.2, 0.25) is 0 Å². The molecular formula is C55H42N2OS. The second-order valence-corrected chi connectivity index (χ2v) is 20.2. The molecular weight excluding hydrogens is 737 g/mol. The molecule has 0 bridgehead atoms. The molecule has 4 heteroatoms. The lowest BCUT2D eigenvalue weighted by molar-refractivity contribution is 0.669. The number of benzene rings is 10. The van der Waals surface area contributed by atoms with E-state index in [1.807, 2.05) is 12.1 Å². The molecule has 0 spiro atoms. The van der Waals surface area contributed by atoms with Crippen LogP contribution < -0.4 is 9.80 Å². The molecule has 11 aromatic rings. The van der Waals surface area contributed by atoms with Crippen molar-refractivity contribution < 1.29 is 4.42 Å². The quantitative estimate of drug-likeness (QED) is 0.150. The summed E-state index contributed by atoms with van der Waals surface area (Å²) in [5.74, 6) is 0. The van der Waals surface area contributed by atoms with Gasteiger partial charge >= 0.3 is 0 Å². The van der Waals surface area contributed by atoms with E-state index in [0.29, 0.717) is 0 Å². The average Bonchev–Trinajstić information content (AvgIpc) is 3.67. The molecule has 0 unspecified atom stereocenters. The zero-order valence-corrected chi connectivity index (χ0v) is 34.1. The van der Waals surface area contributed by atoms with Crippen LogP contribution in [-0.4, -0.2) is 18.8 Å². The van der Waals surface area contributed by atoms with Crippen LogP contribution in [0.25, 0.3) is 65.0 Å². The maximum absolute atomic E-state index is 6.59. The van der Waals surface area contributed by atoms with Gasteiger partial charge in [-0.3, -0.25) is 0 Å². The molecule has 0 aliphatic heterocycles. The van der Waals surface area contributed by atoms with Crippen LogP contribution in [0.2, 0.25) is 0 Å². The summed E-state index contributed by atoms with van der Waals surface area (Å²) in [6.45, 7) is 0. The van der Waals surface area contributed by atoms with Gasteiger partial charge < -0.3 is 14.2 Å². The SMILES string of the molecule is CS(C)(C)c1ccc(N(c2ccccc2)c2ccc3c(c2)c2ccccc2c2c4ccc(N(c5ccccc5)c5cccc6c5oc5ccccc56)cc4ccc32)cc1. The fourth-order valence-electron chi connectivity index (χ4n) is 8.98. The van der Waals surface area contributed by atoms with Crippen molar-refractivity contribution in [3.63, 3.8) is 0 Å². The second-order valence-electron chi connectivity index (χ2n) is 16.1. The Hall–Kier alpha value is -7.01. The molecule has 0 atom stereocenters. The number of fused-ring (bicyclic) bond motifs is 11. The number of hydrogen-bond acceptors (Lipinski definition) is 3. The first-order valence-electron chi connectivity index (χ1n) is 20.1. The predicted octanol–water partition coefficient (Wildman–Crippen LogP) is 16.2. The highest BCUT2D eigenvalue weighted by Gasteiger charge is 2.21. The molecule has 0 amide bonds. The molecule has 284 valence electrons. The third-order valence-electron chi connectivity index (χ3n) is 11.8. The van der Waals surface area contributed by atoms with Crippen molar-refractivity contribution in [2.24, 2.45) is 0 Å². The highest BCUT2D eigenvalue weighted by molar-refractivity contribution is 8.32. The molecule has 1 aromatic heterocycles. The van der Waals surface area contributed by atoms with Crippen LogP contribution in [0.15, 0.2) is 210 Å². The van der Waals surface area contributed by atoms with Gasteiger partial charge in [-0.05, 0) is 152 Å². The molecule has 10 aromatic carbocycles. The Bertz CT molecular complexity index is 3350. The van der Waals surface area contributed by atoms with Crippen molar-refractivity contribution in [3.8, 4) is 0 Å². The van der Waals surface area contributed by atoms with Crippen LogP contribution in [0, 0.1) is 0 Å². The summed E-state index contributed by atoms with van der Waals surface area (Å²) in [5, 5.41) is 12.2. The topological polar surface area (TPSA) is 19.6 Å². The summed E-state index contributed by atoms with van der Waals surface area (Å²) in [6, 6.07) is 72.7. The van der Waals surface area contributed by atoms with Crippen molar-refractivity contribution in [2.75, 3.05) is 28.6 Å². The molecule has 0 N–H and O–H groups in total. The molecule has 0 aliphatic rings. The van der Waals surface area contributed by atoms with E-state index in [2.05, 4.69) is 217 Å². The van der Waals surface area contributed by atoms with Crippen molar-refractivity contribution in [2.45, 2.75) is 4.90 Å². The molecule has 3 nitrogen and oxygen atoms in total. The van der Waals surface area contributed by atoms with E-state index >= 15 is 0 Å². The van der Waals surface area contributed by atoms with Gasteiger partial charge in [0.25, 0.3) is 0 Å². The Balaban J connectivity index is 1.09. The van der Waals surface area contributed by atoms with Gasteiger partial charge in [0.1, 0.15) is 5.58 Å². The number of furan rings is 1. The normalized spacial score (nSPS) is 12.3. The highest BCUT2D eigenvalue weighted by atomic mass is 32.3. The first-order chi connectivity index (χ1) is 28.9. The van der Waals surface area contributed by atoms with Crippen LogP contribution in [0.1, 0.15) is 0 Å². The monoisotopic (exact) mass is 778 g/mol. The first-order valence-corrected chi connectivity index (χ1v) is 23.0. The van der Waals surface area contributed by atoms with E-state index in [4.69, 9.17) is 4.42 Å². The molecule has 11 rings (SSSR count). The maximum atomic E-state index is 6.59. The largest absolute Gasteiger partial charge is 0.454 e. The van der Waals surface area contributed by atoms with Gasteiger partial charge in [-0.1, -0.05) is 115 Å². The lowest BCUT2D eigenvalue weighted by atomic mass is 9.90. The van der Waals surface area contributed by atoms with Gasteiger partial charge in [-0.2, -0.15) is 0 Å². The Morgan fingerprint density at radius 1 is 0.356 bits per heavy atom. The minimum Gasteiger partial charge on any atom is -0.454 e. The van der Waals surface area contributed by atoms with E-state index in [1.165, 1.54) is 48.0 Å². The number of nitrogens with zero attached hydrogens (tertiary/aromatic N) is 2. The Morgan fingerprint density at radius 3 is 1.61 bits per heavy atom. The van der Waals surface area contributed by atoms with Crippen molar-refractivity contribution >= 4 is 109 Å². The first kappa shape index (κ1) is 35.2. The molecule has 0 fully saturated rings. The summed E-state index contributed by atoms with van der Waals surface area (Å²) in [4.78, 5) is 6.11. The minimum absolute atomic E-state index is 0.834. The Labute approximate surface area is 345 Å². The zero-order valence-electron chi connectivity index (χ0n) is 33.3. The van der Waals surface area contributed by atoms with Crippen LogP contribution in [0.3, 0.4) is 0 Å². The molecule has 1 heterocycles. The van der Waals surface area contributed by atoms with E-state index in [-0.39, 0.29) is 0 Å². The van der Waals surface area contributed by atoms with Gasteiger partial charge in [-0.25, -0.2) is 10.0 Å². The fraction of sp³-hybridized carbons (Fsp3) is 0.0545. The van der Waals surface area contributed by atoms with Crippen molar-refractivity contribution in [1.82, 2.24) is 0 Å². The van der Waals surface area contributed by atoms with Gasteiger partial charge in [0.15, 0.2) is 5.58 Å². The standard InChI is InChI=1S/C55H42N2OS/c1-59(2,3)43-30-26-40(27-31-43)56(38-15-6-4-7-16-38)42-29-34-46-49-32-25-37-35-41(28-33-44(37)54(49)48-21-11-10-19-45(48)51(46)36-42)57(39-17-8-5-9-18-39)52-23-14-22-50-47-20-12-13-24-53(47)58-55(50)52/h4-36H,1-3H3. The van der Waals surface area contributed by atoms with Crippen LogP contribution >= 0.6 is 10.0 Å². The lowest BCUT2D eigenvalue weighted by Gasteiger charge is -2.29. The number of anilines is 6. The highest BCUT2D eigenvalue weighted by Crippen LogP contribution is 2.48. The predicted molar refractivity (Wildman–Crippen MR) is 257 cm³/mol. The van der Waals surface area contributed by atoms with Gasteiger partial charge in [0.05, 0.1) is 5.69 Å². The summed E-state index contributed by atoms with van der Waals surface area (Å²) < 4.78 is 6.59. The Kier molecular flexibility index (Phi) is 8.25. The third kappa shape index (κ3) is 5.90. The number of para-hydroxylation sites is 4. The van der Waals surface area contributed by atoms with E-state index in [0.717, 1.165) is 56.1 Å². The molecule has 0 saturated carbocycles. The number of hydrogen-bond donors (Lipinski definition) is 0. The molecule has 0 saturated heterocycles. The summed E-state index contributed by atoms with van der Waals surface area (Å²) in [5.41, 5.74) is 8.34. The minimum atomic E-state index is -0.834. The van der Waals surface area contributed by atoms with Crippen molar-refractivity contribution in [3.05, 3.63) is 200 Å². The van der Waals surface area contributed by atoms with Gasteiger partial charge in [0, 0.05) is 39.2 Å². The van der Waals surface area contributed by atoms with Crippen LogP contribution in [0.4, 0.5) is 34.1 Å². The molecule has 0 radical (unpaired) electrons. The summed E-state index contributed by atoms with van der Waals surface area (Å²) in [7, 11) is -0.834. The smallest absolute Gasteiger partial charge is 0.159 e. The maximum Gasteiger partial charge on any atom is 0.159 e. The Morgan fingerprint density at radius 2 is 0.881 bits per heavy atom. The molecule has 0 aliphatic carbocycles. The van der Waals surface area contributed by atoms with E-state index in [1.54, 1.807) is 0 Å². The van der Waals surface area contributed by atoms with Gasteiger partial charge in [-0.15, -0.1) is 0 Å². The van der Waals surface area contributed by atoms with Crippen LogP contribution in [0.5, 0.6) is 0 Å².